The van der Waals surface area contributed by atoms with E-state index in [9.17, 15) is 0 Å². The lowest BCUT2D eigenvalue weighted by Crippen LogP contribution is -2.08. The van der Waals surface area contributed by atoms with Crippen LogP contribution >= 0.6 is 0 Å². The Bertz CT molecular complexity index is 1150. The summed E-state index contributed by atoms with van der Waals surface area (Å²) in [6, 6.07) is 16.3. The first kappa shape index (κ1) is 19.7. The molecule has 0 saturated carbocycles. The van der Waals surface area contributed by atoms with Gasteiger partial charge in [0.25, 0.3) is 0 Å². The highest BCUT2D eigenvalue weighted by molar-refractivity contribution is 5.85. The molecule has 2 aromatic carbocycles. The number of aromatic nitrogens is 4. The van der Waals surface area contributed by atoms with Gasteiger partial charge in [-0.2, -0.15) is 9.97 Å². The fourth-order valence-corrected chi connectivity index (χ4v) is 3.24. The Morgan fingerprint density at radius 2 is 1.80 bits per heavy atom. The Balaban J connectivity index is 1.68. The number of hydrogen-bond donors (Lipinski definition) is 2. The zero-order valence-corrected chi connectivity index (χ0v) is 17.7. The molecule has 2 N–H and O–H groups in total. The van der Waals surface area contributed by atoms with Crippen molar-refractivity contribution in [3.05, 3.63) is 66.0 Å². The maximum Gasteiger partial charge on any atom is 0.231 e. The third-order valence-corrected chi connectivity index (χ3v) is 4.99. The summed E-state index contributed by atoms with van der Waals surface area (Å²) in [5.74, 6) is 2.08. The van der Waals surface area contributed by atoms with Crippen LogP contribution in [0.25, 0.3) is 11.2 Å². The van der Waals surface area contributed by atoms with Crippen molar-refractivity contribution >= 4 is 28.6 Å². The van der Waals surface area contributed by atoms with Crippen LogP contribution < -0.4 is 15.4 Å². The van der Waals surface area contributed by atoms with E-state index in [1.165, 1.54) is 0 Å². The van der Waals surface area contributed by atoms with Crippen molar-refractivity contribution in [2.75, 3.05) is 17.7 Å². The molecule has 0 unspecified atom stereocenters. The van der Waals surface area contributed by atoms with Gasteiger partial charge in [-0.05, 0) is 50.1 Å². The second-order valence-electron chi connectivity index (χ2n) is 7.46. The Morgan fingerprint density at radius 3 is 2.50 bits per heavy atom. The lowest BCUT2D eigenvalue weighted by Gasteiger charge is -2.13. The lowest BCUT2D eigenvalue weighted by atomic mass is 10.2. The summed E-state index contributed by atoms with van der Waals surface area (Å²) in [6.45, 7) is 6.90. The van der Waals surface area contributed by atoms with Gasteiger partial charge in [-0.15, -0.1) is 0 Å². The van der Waals surface area contributed by atoms with Gasteiger partial charge in [-0.3, -0.25) is 0 Å². The summed E-state index contributed by atoms with van der Waals surface area (Å²) in [7, 11) is 1.67. The molecule has 4 aromatic rings. The largest absolute Gasteiger partial charge is 0.497 e. The molecule has 0 amide bonds. The van der Waals surface area contributed by atoms with Crippen LogP contribution in [0.2, 0.25) is 0 Å². The van der Waals surface area contributed by atoms with Crippen LogP contribution in [0.3, 0.4) is 0 Å². The van der Waals surface area contributed by atoms with E-state index in [2.05, 4.69) is 47.0 Å². The zero-order chi connectivity index (χ0) is 21.1. The predicted molar refractivity (Wildman–Crippen MR) is 120 cm³/mol. The summed E-state index contributed by atoms with van der Waals surface area (Å²) in [4.78, 5) is 14.1. The molecule has 0 saturated heterocycles. The molecule has 0 fully saturated rings. The van der Waals surface area contributed by atoms with Gasteiger partial charge in [-0.1, -0.05) is 30.3 Å². The number of rotatable bonds is 7. The molecule has 0 spiro atoms. The zero-order valence-electron chi connectivity index (χ0n) is 17.7. The molecule has 0 aliphatic carbocycles. The standard InChI is InChI=1S/C23H26N6O/c1-15(2)29-14-25-20-21(24-13-17-9-11-18(30-4)12-10-17)27-23(28-22(20)29)26-19-8-6-5-7-16(19)3/h5-12,14-15H,13H2,1-4H3,(H2,24,26,27,28). The minimum atomic E-state index is 0.241. The average Bonchev–Trinajstić information content (AvgIpc) is 3.18. The van der Waals surface area contributed by atoms with Crippen molar-refractivity contribution in [2.24, 2.45) is 0 Å². The Morgan fingerprint density at radius 1 is 1.03 bits per heavy atom. The molecule has 0 radical (unpaired) electrons. The first-order valence-electron chi connectivity index (χ1n) is 9.99. The number of anilines is 3. The van der Waals surface area contributed by atoms with Crippen LogP contribution in [0, 0.1) is 6.92 Å². The molecular weight excluding hydrogens is 376 g/mol. The second-order valence-corrected chi connectivity index (χ2v) is 7.46. The molecule has 0 aliphatic heterocycles. The molecule has 0 bridgehead atoms. The van der Waals surface area contributed by atoms with Crippen LogP contribution in [0.1, 0.15) is 31.0 Å². The minimum absolute atomic E-state index is 0.241. The Hall–Kier alpha value is -3.61. The maximum absolute atomic E-state index is 5.23. The summed E-state index contributed by atoms with van der Waals surface area (Å²) >= 11 is 0. The first-order valence-corrected chi connectivity index (χ1v) is 9.99. The van der Waals surface area contributed by atoms with E-state index in [-0.39, 0.29) is 6.04 Å². The molecule has 0 atom stereocenters. The highest BCUT2D eigenvalue weighted by Gasteiger charge is 2.15. The molecule has 7 heteroatoms. The van der Waals surface area contributed by atoms with E-state index in [0.717, 1.165) is 33.7 Å². The van der Waals surface area contributed by atoms with Gasteiger partial charge >= 0.3 is 0 Å². The number of hydrogen-bond acceptors (Lipinski definition) is 6. The quantitative estimate of drug-likeness (QED) is 0.449. The van der Waals surface area contributed by atoms with Crippen LogP contribution in [-0.4, -0.2) is 26.6 Å². The van der Waals surface area contributed by atoms with Crippen LogP contribution in [-0.2, 0) is 6.54 Å². The minimum Gasteiger partial charge on any atom is -0.497 e. The van der Waals surface area contributed by atoms with Gasteiger partial charge in [-0.25, -0.2) is 4.98 Å². The number of para-hydroxylation sites is 1. The van der Waals surface area contributed by atoms with E-state index in [0.29, 0.717) is 18.3 Å². The molecule has 2 aromatic heterocycles. The van der Waals surface area contributed by atoms with E-state index in [1.54, 1.807) is 7.11 Å². The van der Waals surface area contributed by atoms with Crippen LogP contribution in [0.4, 0.5) is 17.5 Å². The van der Waals surface area contributed by atoms with E-state index in [4.69, 9.17) is 14.7 Å². The van der Waals surface area contributed by atoms with Gasteiger partial charge in [0.2, 0.25) is 5.95 Å². The number of nitrogens with zero attached hydrogens (tertiary/aromatic N) is 4. The average molecular weight is 403 g/mol. The molecular formula is C23H26N6O. The smallest absolute Gasteiger partial charge is 0.231 e. The number of methoxy groups -OCH3 is 1. The Kier molecular flexibility index (Phi) is 5.52. The van der Waals surface area contributed by atoms with Gasteiger partial charge in [0, 0.05) is 18.3 Å². The molecule has 0 aliphatic rings. The third kappa shape index (κ3) is 4.05. The summed E-state index contributed by atoms with van der Waals surface area (Å²) in [5.41, 5.74) is 4.79. The normalized spacial score (nSPS) is 11.1. The molecule has 154 valence electrons. The second kappa shape index (κ2) is 8.41. The SMILES string of the molecule is COc1ccc(CNc2nc(Nc3ccccc3C)nc3c2ncn3C(C)C)cc1. The number of fused-ring (bicyclic) bond motifs is 1. The molecule has 4 rings (SSSR count). The number of nitrogens with one attached hydrogen (secondary N) is 2. The monoisotopic (exact) mass is 402 g/mol. The van der Waals surface area contributed by atoms with E-state index in [1.807, 2.05) is 48.8 Å². The van der Waals surface area contributed by atoms with Gasteiger partial charge < -0.3 is 19.9 Å². The topological polar surface area (TPSA) is 76.9 Å². The fourth-order valence-electron chi connectivity index (χ4n) is 3.24. The first-order chi connectivity index (χ1) is 14.5. The number of ether oxygens (including phenoxy) is 1. The van der Waals surface area contributed by atoms with Gasteiger partial charge in [0.05, 0.1) is 13.4 Å². The van der Waals surface area contributed by atoms with E-state index < -0.39 is 0 Å². The summed E-state index contributed by atoms with van der Waals surface area (Å²) in [6.07, 6.45) is 1.82. The number of imidazole rings is 1. The van der Waals surface area contributed by atoms with Crippen LogP contribution in [0.15, 0.2) is 54.9 Å². The number of aryl methyl sites for hydroxylation is 1. The van der Waals surface area contributed by atoms with Crippen molar-refractivity contribution in [2.45, 2.75) is 33.4 Å². The van der Waals surface area contributed by atoms with Crippen molar-refractivity contribution in [1.29, 1.82) is 0 Å². The predicted octanol–water partition coefficient (Wildman–Crippen LogP) is 5.08. The van der Waals surface area contributed by atoms with Crippen molar-refractivity contribution in [3.63, 3.8) is 0 Å². The molecule has 7 nitrogen and oxygen atoms in total. The van der Waals surface area contributed by atoms with Crippen molar-refractivity contribution < 1.29 is 4.74 Å². The lowest BCUT2D eigenvalue weighted by molar-refractivity contribution is 0.414. The third-order valence-electron chi connectivity index (χ3n) is 4.99. The Labute approximate surface area is 176 Å². The van der Waals surface area contributed by atoms with Crippen molar-refractivity contribution in [3.8, 4) is 5.75 Å². The fraction of sp³-hybridized carbons (Fsp3) is 0.261. The van der Waals surface area contributed by atoms with Gasteiger partial charge in [0.15, 0.2) is 17.0 Å². The molecule has 30 heavy (non-hydrogen) atoms. The highest BCUT2D eigenvalue weighted by Crippen LogP contribution is 2.26. The molecule has 2 heterocycles. The highest BCUT2D eigenvalue weighted by atomic mass is 16.5. The van der Waals surface area contributed by atoms with Crippen LogP contribution in [0.5, 0.6) is 5.75 Å². The van der Waals surface area contributed by atoms with E-state index >= 15 is 0 Å². The number of benzene rings is 2. The summed E-state index contributed by atoms with van der Waals surface area (Å²) < 4.78 is 7.29. The van der Waals surface area contributed by atoms with Gasteiger partial charge in [0.1, 0.15) is 5.75 Å². The summed E-state index contributed by atoms with van der Waals surface area (Å²) in [5, 5.41) is 6.78. The van der Waals surface area contributed by atoms with Crippen molar-refractivity contribution in [1.82, 2.24) is 19.5 Å². The maximum atomic E-state index is 5.23.